The highest BCUT2D eigenvalue weighted by Crippen LogP contribution is 2.31. The van der Waals surface area contributed by atoms with Gasteiger partial charge in [-0.05, 0) is 52.9 Å². The lowest BCUT2D eigenvalue weighted by Gasteiger charge is -2.36. The maximum Gasteiger partial charge on any atom is 0.234 e. The smallest absolute Gasteiger partial charge is 0.234 e. The molecule has 0 aliphatic carbocycles. The van der Waals surface area contributed by atoms with Crippen LogP contribution in [0.1, 0.15) is 29.9 Å². The molecule has 1 atom stereocenters. The Kier molecular flexibility index (Phi) is 7.23. The zero-order chi connectivity index (χ0) is 31.0. The van der Waals surface area contributed by atoms with Crippen molar-refractivity contribution in [3.8, 4) is 22.3 Å². The lowest BCUT2D eigenvalue weighted by Crippen LogP contribution is -2.46. The molecule has 0 saturated carbocycles. The van der Waals surface area contributed by atoms with Gasteiger partial charge in [0.05, 0.1) is 17.6 Å². The number of amides is 2. The number of fused-ring (bicyclic) bond motifs is 2. The van der Waals surface area contributed by atoms with Crippen molar-refractivity contribution < 1.29 is 9.59 Å². The summed E-state index contributed by atoms with van der Waals surface area (Å²) in [5.41, 5.74) is 9.34. The SMILES string of the molecule is O=C1CCC(c2cccc(CN3CCN(c4ccc(-c5cnc6c(-c7ccnc8ccccc78)cnn6c5)cc4)CC3)c2)C(=O)N1. The van der Waals surface area contributed by atoms with Crippen LogP contribution in [-0.4, -0.2) is 62.5 Å². The number of anilines is 1. The number of hydrogen-bond donors (Lipinski definition) is 1. The van der Waals surface area contributed by atoms with Gasteiger partial charge in [0.25, 0.3) is 0 Å². The van der Waals surface area contributed by atoms with Gasteiger partial charge in [-0.2, -0.15) is 5.10 Å². The summed E-state index contributed by atoms with van der Waals surface area (Å²) >= 11 is 0. The normalized spacial score (nSPS) is 17.5. The first kappa shape index (κ1) is 28.1. The van der Waals surface area contributed by atoms with E-state index in [2.05, 4.69) is 67.7 Å². The van der Waals surface area contributed by atoms with Crippen LogP contribution in [0.5, 0.6) is 0 Å². The zero-order valence-electron chi connectivity index (χ0n) is 25.3. The second-order valence-electron chi connectivity index (χ2n) is 12.1. The van der Waals surface area contributed by atoms with Gasteiger partial charge in [0, 0.05) is 79.9 Å². The lowest BCUT2D eigenvalue weighted by molar-refractivity contribution is -0.134. The van der Waals surface area contributed by atoms with Crippen molar-refractivity contribution in [1.29, 1.82) is 0 Å². The number of aromatic nitrogens is 4. The average Bonchev–Trinajstić information content (AvgIpc) is 3.52. The van der Waals surface area contributed by atoms with E-state index in [4.69, 9.17) is 4.98 Å². The van der Waals surface area contributed by atoms with Crippen LogP contribution in [0.3, 0.4) is 0 Å². The summed E-state index contributed by atoms with van der Waals surface area (Å²) in [6.07, 6.45) is 8.65. The van der Waals surface area contributed by atoms with E-state index in [1.54, 1.807) is 0 Å². The number of benzene rings is 3. The molecule has 6 aromatic rings. The molecule has 3 aromatic heterocycles. The fourth-order valence-corrected chi connectivity index (χ4v) is 6.75. The Balaban J connectivity index is 0.919. The molecule has 5 heterocycles. The third kappa shape index (κ3) is 5.39. The minimum absolute atomic E-state index is 0.178. The van der Waals surface area contributed by atoms with E-state index < -0.39 is 0 Å². The molecule has 0 radical (unpaired) electrons. The van der Waals surface area contributed by atoms with Crippen molar-refractivity contribution in [2.24, 2.45) is 0 Å². The number of rotatable bonds is 6. The third-order valence-corrected chi connectivity index (χ3v) is 9.23. The van der Waals surface area contributed by atoms with Crippen molar-refractivity contribution >= 4 is 34.1 Å². The largest absolute Gasteiger partial charge is 0.369 e. The molecule has 228 valence electrons. The summed E-state index contributed by atoms with van der Waals surface area (Å²) in [7, 11) is 0. The Morgan fingerprint density at radius 1 is 0.804 bits per heavy atom. The number of piperidine rings is 1. The van der Waals surface area contributed by atoms with E-state index in [1.165, 1.54) is 11.3 Å². The molecule has 1 unspecified atom stereocenters. The number of para-hydroxylation sites is 1. The Morgan fingerprint density at radius 3 is 2.50 bits per heavy atom. The van der Waals surface area contributed by atoms with Crippen LogP contribution in [-0.2, 0) is 16.1 Å². The fraction of sp³-hybridized carbons (Fsp3) is 0.216. The molecule has 2 amide bonds. The lowest BCUT2D eigenvalue weighted by atomic mass is 9.89. The first-order valence-corrected chi connectivity index (χ1v) is 15.8. The molecule has 8 rings (SSSR count). The van der Waals surface area contributed by atoms with Crippen LogP contribution in [0.15, 0.2) is 104 Å². The average molecular weight is 608 g/mol. The first-order valence-electron chi connectivity index (χ1n) is 15.8. The number of carbonyl (C=O) groups is 2. The van der Waals surface area contributed by atoms with Crippen LogP contribution in [0.4, 0.5) is 5.69 Å². The summed E-state index contributed by atoms with van der Waals surface area (Å²) in [6, 6.07) is 27.1. The highest BCUT2D eigenvalue weighted by Gasteiger charge is 2.28. The molecule has 0 spiro atoms. The summed E-state index contributed by atoms with van der Waals surface area (Å²) < 4.78 is 1.85. The van der Waals surface area contributed by atoms with Crippen LogP contribution >= 0.6 is 0 Å². The van der Waals surface area contributed by atoms with Crippen molar-refractivity contribution in [2.45, 2.75) is 25.3 Å². The Labute approximate surface area is 266 Å². The topological polar surface area (TPSA) is 95.7 Å². The predicted octanol–water partition coefficient (Wildman–Crippen LogP) is 5.45. The van der Waals surface area contributed by atoms with Crippen LogP contribution in [0.2, 0.25) is 0 Å². The van der Waals surface area contributed by atoms with E-state index in [-0.39, 0.29) is 17.7 Å². The van der Waals surface area contributed by atoms with E-state index >= 15 is 0 Å². The molecular weight excluding hydrogens is 574 g/mol. The minimum Gasteiger partial charge on any atom is -0.369 e. The minimum atomic E-state index is -0.250. The van der Waals surface area contributed by atoms with E-state index in [0.29, 0.717) is 12.8 Å². The number of nitrogens with one attached hydrogen (secondary N) is 1. The monoisotopic (exact) mass is 607 g/mol. The van der Waals surface area contributed by atoms with Gasteiger partial charge in [0.2, 0.25) is 11.8 Å². The van der Waals surface area contributed by atoms with Crippen molar-refractivity contribution in [2.75, 3.05) is 31.1 Å². The quantitative estimate of drug-likeness (QED) is 0.252. The second-order valence-corrected chi connectivity index (χ2v) is 12.1. The van der Waals surface area contributed by atoms with Gasteiger partial charge in [-0.15, -0.1) is 0 Å². The highest BCUT2D eigenvalue weighted by molar-refractivity contribution is 6.01. The van der Waals surface area contributed by atoms with E-state index in [9.17, 15) is 9.59 Å². The number of imide groups is 1. The molecule has 9 heteroatoms. The zero-order valence-corrected chi connectivity index (χ0v) is 25.3. The van der Waals surface area contributed by atoms with Crippen molar-refractivity contribution in [3.63, 3.8) is 0 Å². The molecule has 2 fully saturated rings. The van der Waals surface area contributed by atoms with Gasteiger partial charge in [0.15, 0.2) is 5.65 Å². The van der Waals surface area contributed by atoms with Gasteiger partial charge in [-0.1, -0.05) is 54.6 Å². The fourth-order valence-electron chi connectivity index (χ4n) is 6.75. The van der Waals surface area contributed by atoms with Crippen LogP contribution < -0.4 is 10.2 Å². The summed E-state index contributed by atoms with van der Waals surface area (Å²) in [6.45, 7) is 4.65. The molecule has 1 N–H and O–H groups in total. The molecule has 2 aliphatic rings. The van der Waals surface area contributed by atoms with Crippen LogP contribution in [0.25, 0.3) is 38.8 Å². The second kappa shape index (κ2) is 11.8. The summed E-state index contributed by atoms with van der Waals surface area (Å²) in [4.78, 5) is 38.1. The van der Waals surface area contributed by atoms with Gasteiger partial charge in [-0.25, -0.2) is 9.50 Å². The number of nitrogens with zero attached hydrogens (tertiary/aromatic N) is 6. The molecule has 2 saturated heterocycles. The van der Waals surface area contributed by atoms with Crippen molar-refractivity contribution in [1.82, 2.24) is 29.8 Å². The maximum atomic E-state index is 12.4. The molecule has 0 bridgehead atoms. The Morgan fingerprint density at radius 2 is 1.65 bits per heavy atom. The Bertz CT molecular complexity index is 2070. The van der Waals surface area contributed by atoms with Crippen LogP contribution in [0, 0.1) is 0 Å². The third-order valence-electron chi connectivity index (χ3n) is 9.23. The summed E-state index contributed by atoms with van der Waals surface area (Å²) in [5, 5.41) is 8.20. The number of pyridine rings is 1. The maximum absolute atomic E-state index is 12.4. The van der Waals surface area contributed by atoms with E-state index in [1.807, 2.05) is 65.7 Å². The molecule has 46 heavy (non-hydrogen) atoms. The highest BCUT2D eigenvalue weighted by atomic mass is 16.2. The summed E-state index contributed by atoms with van der Waals surface area (Å²) in [5.74, 6) is -0.613. The van der Waals surface area contributed by atoms with Gasteiger partial charge in [-0.3, -0.25) is 24.8 Å². The van der Waals surface area contributed by atoms with Crippen molar-refractivity contribution in [3.05, 3.63) is 115 Å². The number of hydrogen-bond acceptors (Lipinski definition) is 7. The van der Waals surface area contributed by atoms with Gasteiger partial charge < -0.3 is 4.90 Å². The van der Waals surface area contributed by atoms with E-state index in [0.717, 1.165) is 77.1 Å². The molecule has 2 aliphatic heterocycles. The standard InChI is InChI=1S/C37H33N7O2/c45-35-13-12-30(37(46)41-35)27-5-3-4-25(20-27)23-42-16-18-43(19-17-42)29-10-8-26(9-11-29)28-21-39-36-33(22-40-44(36)24-28)31-14-15-38-34-7-2-1-6-32(31)34/h1-11,14-15,20-22,24,30H,12-13,16-19,23H2,(H,41,45,46). The molecular formula is C37H33N7O2. The van der Waals surface area contributed by atoms with Gasteiger partial charge in [0.1, 0.15) is 0 Å². The predicted molar refractivity (Wildman–Crippen MR) is 178 cm³/mol. The molecule has 3 aromatic carbocycles. The number of carbonyl (C=O) groups excluding carboxylic acids is 2. The Hall–Kier alpha value is -5.41. The molecule has 9 nitrogen and oxygen atoms in total. The van der Waals surface area contributed by atoms with Gasteiger partial charge >= 0.3 is 0 Å². The first-order chi connectivity index (χ1) is 22.6. The number of piperazine rings is 1.